The van der Waals surface area contributed by atoms with E-state index in [0.29, 0.717) is 0 Å². The molecular formula is C8H9Cl2NO. The molecule has 0 fully saturated rings. The van der Waals surface area contributed by atoms with Gasteiger partial charge in [-0.3, -0.25) is 9.78 Å². The van der Waals surface area contributed by atoms with E-state index in [2.05, 4.69) is 4.98 Å². The molecular weight excluding hydrogens is 197 g/mol. The zero-order valence-corrected chi connectivity index (χ0v) is 8.10. The molecule has 1 rings (SSSR count). The topological polar surface area (TPSA) is 30.0 Å². The predicted octanol–water partition coefficient (Wildman–Crippen LogP) is 2.37. The molecule has 12 heavy (non-hydrogen) atoms. The van der Waals surface area contributed by atoms with Gasteiger partial charge in [-0.15, -0.1) is 12.4 Å². The molecule has 1 atom stereocenters. The summed E-state index contributed by atoms with van der Waals surface area (Å²) in [5.74, 6) is -0.236. The zero-order chi connectivity index (χ0) is 8.27. The molecule has 0 saturated carbocycles. The van der Waals surface area contributed by atoms with Crippen LogP contribution < -0.4 is 0 Å². The van der Waals surface area contributed by atoms with Crippen LogP contribution in [-0.4, -0.2) is 10.2 Å². The quantitative estimate of drug-likeness (QED) is 0.695. The van der Waals surface area contributed by atoms with Gasteiger partial charge in [0.05, 0.1) is 5.92 Å². The molecule has 0 saturated heterocycles. The highest BCUT2D eigenvalue weighted by molar-refractivity contribution is 6.64. The van der Waals surface area contributed by atoms with Gasteiger partial charge in [-0.2, -0.15) is 0 Å². The van der Waals surface area contributed by atoms with Crippen molar-refractivity contribution in [2.75, 3.05) is 0 Å². The lowest BCUT2D eigenvalue weighted by Crippen LogP contribution is -2.01. The molecule has 1 unspecified atom stereocenters. The number of hydrogen-bond donors (Lipinski definition) is 0. The van der Waals surface area contributed by atoms with Gasteiger partial charge in [0.15, 0.2) is 0 Å². The van der Waals surface area contributed by atoms with Crippen molar-refractivity contribution in [2.24, 2.45) is 0 Å². The SMILES string of the molecule is CC(C(=O)Cl)c1ccncc1.Cl. The lowest BCUT2D eigenvalue weighted by Gasteiger charge is -2.03. The number of carbonyl (C=O) groups excluding carboxylic acids is 1. The van der Waals surface area contributed by atoms with Crippen LogP contribution in [0, 0.1) is 0 Å². The van der Waals surface area contributed by atoms with Crippen LogP contribution in [0.15, 0.2) is 24.5 Å². The summed E-state index contributed by atoms with van der Waals surface area (Å²) in [5.41, 5.74) is 0.903. The summed E-state index contributed by atoms with van der Waals surface area (Å²) in [4.78, 5) is 14.5. The summed E-state index contributed by atoms with van der Waals surface area (Å²) in [6, 6.07) is 3.57. The maximum Gasteiger partial charge on any atom is 0.228 e. The highest BCUT2D eigenvalue weighted by Gasteiger charge is 2.10. The highest BCUT2D eigenvalue weighted by Crippen LogP contribution is 2.15. The normalized spacial score (nSPS) is 11.5. The molecule has 0 bridgehead atoms. The van der Waals surface area contributed by atoms with Gasteiger partial charge < -0.3 is 0 Å². The Morgan fingerprint density at radius 3 is 2.42 bits per heavy atom. The first-order valence-electron chi connectivity index (χ1n) is 3.31. The number of carbonyl (C=O) groups is 1. The molecule has 0 amide bonds. The third-order valence-corrected chi connectivity index (χ3v) is 1.87. The molecule has 2 nitrogen and oxygen atoms in total. The Labute approximate surface area is 82.4 Å². The number of nitrogens with zero attached hydrogens (tertiary/aromatic N) is 1. The minimum Gasteiger partial charge on any atom is -0.281 e. The minimum atomic E-state index is -0.337. The second-order valence-corrected chi connectivity index (χ2v) is 2.68. The fraction of sp³-hybridized carbons (Fsp3) is 0.250. The van der Waals surface area contributed by atoms with E-state index in [4.69, 9.17) is 11.6 Å². The van der Waals surface area contributed by atoms with Crippen molar-refractivity contribution >= 4 is 29.3 Å². The van der Waals surface area contributed by atoms with Crippen molar-refractivity contribution in [3.05, 3.63) is 30.1 Å². The summed E-state index contributed by atoms with van der Waals surface area (Å²) in [7, 11) is 0. The van der Waals surface area contributed by atoms with Crippen LogP contribution >= 0.6 is 24.0 Å². The van der Waals surface area contributed by atoms with Gasteiger partial charge in [-0.05, 0) is 29.3 Å². The van der Waals surface area contributed by atoms with E-state index in [1.165, 1.54) is 0 Å². The van der Waals surface area contributed by atoms with Crippen LogP contribution in [-0.2, 0) is 4.79 Å². The summed E-state index contributed by atoms with van der Waals surface area (Å²) < 4.78 is 0. The van der Waals surface area contributed by atoms with Crippen molar-refractivity contribution in [3.63, 3.8) is 0 Å². The van der Waals surface area contributed by atoms with Crippen molar-refractivity contribution in [1.29, 1.82) is 0 Å². The van der Waals surface area contributed by atoms with Crippen molar-refractivity contribution in [3.8, 4) is 0 Å². The Hall–Kier alpha value is -0.600. The number of rotatable bonds is 2. The molecule has 0 radical (unpaired) electrons. The smallest absolute Gasteiger partial charge is 0.228 e. The maximum absolute atomic E-state index is 10.7. The first-order valence-corrected chi connectivity index (χ1v) is 3.69. The molecule has 1 aromatic rings. The second-order valence-electron chi connectivity index (χ2n) is 2.31. The summed E-state index contributed by atoms with van der Waals surface area (Å²) in [5, 5.41) is -0.337. The molecule has 0 spiro atoms. The van der Waals surface area contributed by atoms with E-state index >= 15 is 0 Å². The Balaban J connectivity index is 0.00000121. The Kier molecular flexibility index (Phi) is 4.86. The predicted molar refractivity (Wildman–Crippen MR) is 50.8 cm³/mol. The monoisotopic (exact) mass is 205 g/mol. The summed E-state index contributed by atoms with van der Waals surface area (Å²) in [6.45, 7) is 1.77. The van der Waals surface area contributed by atoms with Gasteiger partial charge >= 0.3 is 0 Å². The van der Waals surface area contributed by atoms with E-state index in [0.717, 1.165) is 5.56 Å². The van der Waals surface area contributed by atoms with Gasteiger partial charge in [0.2, 0.25) is 5.24 Å². The van der Waals surface area contributed by atoms with Crippen LogP contribution in [0.1, 0.15) is 18.4 Å². The van der Waals surface area contributed by atoms with Crippen molar-refractivity contribution < 1.29 is 4.79 Å². The number of aromatic nitrogens is 1. The average Bonchev–Trinajstić information content (AvgIpc) is 2.05. The number of halogens is 2. The molecule has 1 heterocycles. The molecule has 1 aromatic heterocycles. The second kappa shape index (κ2) is 5.12. The fourth-order valence-electron chi connectivity index (χ4n) is 0.783. The van der Waals surface area contributed by atoms with Gasteiger partial charge in [0.1, 0.15) is 0 Å². The lowest BCUT2D eigenvalue weighted by molar-refractivity contribution is -0.112. The van der Waals surface area contributed by atoms with Gasteiger partial charge in [0, 0.05) is 12.4 Å². The Bertz CT molecular complexity index is 250. The van der Waals surface area contributed by atoms with Crippen LogP contribution in [0.25, 0.3) is 0 Å². The summed E-state index contributed by atoms with van der Waals surface area (Å²) in [6.07, 6.45) is 3.29. The third-order valence-electron chi connectivity index (χ3n) is 1.55. The Morgan fingerprint density at radius 1 is 1.50 bits per heavy atom. The number of pyridine rings is 1. The van der Waals surface area contributed by atoms with Crippen LogP contribution in [0.4, 0.5) is 0 Å². The third kappa shape index (κ3) is 2.80. The standard InChI is InChI=1S/C8H8ClNO.ClH/c1-6(8(9)11)7-2-4-10-5-3-7;/h2-6H,1H3;1H. The zero-order valence-electron chi connectivity index (χ0n) is 6.53. The minimum absolute atomic E-state index is 0. The molecule has 0 aliphatic carbocycles. The molecule has 4 heteroatoms. The maximum atomic E-state index is 10.7. The summed E-state index contributed by atoms with van der Waals surface area (Å²) >= 11 is 5.30. The van der Waals surface area contributed by atoms with Gasteiger partial charge in [-0.1, -0.05) is 6.92 Å². The van der Waals surface area contributed by atoms with Crippen LogP contribution in [0.3, 0.4) is 0 Å². The molecule has 0 N–H and O–H groups in total. The van der Waals surface area contributed by atoms with Gasteiger partial charge in [0.25, 0.3) is 0 Å². The van der Waals surface area contributed by atoms with E-state index in [9.17, 15) is 4.79 Å². The fourth-order valence-corrected chi connectivity index (χ4v) is 0.909. The Morgan fingerprint density at radius 2 is 2.00 bits per heavy atom. The van der Waals surface area contributed by atoms with Crippen LogP contribution in [0.5, 0.6) is 0 Å². The average molecular weight is 206 g/mol. The largest absolute Gasteiger partial charge is 0.281 e. The van der Waals surface area contributed by atoms with E-state index in [-0.39, 0.29) is 23.6 Å². The molecule has 0 aliphatic rings. The molecule has 66 valence electrons. The molecule has 0 aliphatic heterocycles. The van der Waals surface area contributed by atoms with Gasteiger partial charge in [-0.25, -0.2) is 0 Å². The highest BCUT2D eigenvalue weighted by atomic mass is 35.5. The number of hydrogen-bond acceptors (Lipinski definition) is 2. The first kappa shape index (κ1) is 11.4. The van der Waals surface area contributed by atoms with E-state index in [1.807, 2.05) is 0 Å². The van der Waals surface area contributed by atoms with E-state index in [1.54, 1.807) is 31.5 Å². The first-order chi connectivity index (χ1) is 5.22. The van der Waals surface area contributed by atoms with Crippen molar-refractivity contribution in [2.45, 2.75) is 12.8 Å². The van der Waals surface area contributed by atoms with Crippen LogP contribution in [0.2, 0.25) is 0 Å². The lowest BCUT2D eigenvalue weighted by atomic mass is 10.1. The van der Waals surface area contributed by atoms with E-state index < -0.39 is 0 Å². The molecule has 0 aromatic carbocycles. The van der Waals surface area contributed by atoms with Crippen molar-refractivity contribution in [1.82, 2.24) is 4.98 Å².